The van der Waals surface area contributed by atoms with Crippen LogP contribution in [0.1, 0.15) is 71.7 Å². The minimum absolute atomic E-state index is 0. The lowest BCUT2D eigenvalue weighted by molar-refractivity contribution is 0.0695. The summed E-state index contributed by atoms with van der Waals surface area (Å²) in [7, 11) is 0. The number of halogens is 1. The van der Waals surface area contributed by atoms with Crippen LogP contribution in [0.15, 0.2) is 72.8 Å². The van der Waals surface area contributed by atoms with Crippen molar-refractivity contribution in [2.45, 2.75) is 57.1 Å². The summed E-state index contributed by atoms with van der Waals surface area (Å²) in [5.41, 5.74) is 5.76. The Hall–Kier alpha value is -2.66. The summed E-state index contributed by atoms with van der Waals surface area (Å²) in [6, 6.07) is 24.0. The van der Waals surface area contributed by atoms with E-state index in [-0.39, 0.29) is 18.4 Å². The Morgan fingerprint density at radius 1 is 0.971 bits per heavy atom. The van der Waals surface area contributed by atoms with Crippen LogP contribution < -0.4 is 5.32 Å². The summed E-state index contributed by atoms with van der Waals surface area (Å²) in [4.78, 5) is 11.7. The fraction of sp³-hybridized carbons (Fsp3) is 0.345. The van der Waals surface area contributed by atoms with Crippen LogP contribution in [0.25, 0.3) is 11.1 Å². The predicted octanol–water partition coefficient (Wildman–Crippen LogP) is 6.39. The lowest BCUT2D eigenvalue weighted by Crippen LogP contribution is -2.33. The summed E-state index contributed by atoms with van der Waals surface area (Å²) >= 11 is 0. The van der Waals surface area contributed by atoms with Gasteiger partial charge in [-0.2, -0.15) is 0 Å². The van der Waals surface area contributed by atoms with Gasteiger partial charge in [0.2, 0.25) is 0 Å². The highest BCUT2D eigenvalue weighted by atomic mass is 35.5. The summed E-state index contributed by atoms with van der Waals surface area (Å²) in [6.07, 6.45) is 4.85. The zero-order chi connectivity index (χ0) is 23.2. The molecular formula is C29H34ClNO3. The summed E-state index contributed by atoms with van der Waals surface area (Å²) < 4.78 is 0. The van der Waals surface area contributed by atoms with E-state index in [1.807, 2.05) is 43.3 Å². The molecule has 3 aromatic carbocycles. The van der Waals surface area contributed by atoms with Gasteiger partial charge in [0.05, 0.1) is 11.7 Å². The minimum Gasteiger partial charge on any atom is -0.478 e. The molecule has 34 heavy (non-hydrogen) atoms. The van der Waals surface area contributed by atoms with Gasteiger partial charge in [0.15, 0.2) is 0 Å². The molecule has 4 rings (SSSR count). The normalized spacial score (nSPS) is 15.5. The lowest BCUT2D eigenvalue weighted by Gasteiger charge is -2.20. The SMILES string of the molecule is C[C@H](NCCc1ccc(-c2ccc(C(=O)O)c(C3CCCC3)c2)cc1)[C@H](O)c1ccccc1.Cl. The van der Waals surface area contributed by atoms with Crippen LogP contribution in [0, 0.1) is 0 Å². The quantitative estimate of drug-likeness (QED) is 0.333. The van der Waals surface area contributed by atoms with E-state index in [0.29, 0.717) is 11.5 Å². The van der Waals surface area contributed by atoms with Gasteiger partial charge in [-0.1, -0.05) is 79.6 Å². The van der Waals surface area contributed by atoms with Crippen LogP contribution in [0.4, 0.5) is 0 Å². The molecule has 180 valence electrons. The molecule has 0 spiro atoms. The first kappa shape index (κ1) is 26.0. The minimum atomic E-state index is -0.835. The topological polar surface area (TPSA) is 69.6 Å². The Morgan fingerprint density at radius 2 is 1.62 bits per heavy atom. The van der Waals surface area contributed by atoms with E-state index in [0.717, 1.165) is 48.1 Å². The highest BCUT2D eigenvalue weighted by Gasteiger charge is 2.23. The van der Waals surface area contributed by atoms with Crippen LogP contribution in [0.5, 0.6) is 0 Å². The average molecular weight is 480 g/mol. The molecule has 5 heteroatoms. The Kier molecular flexibility index (Phi) is 9.28. The highest BCUT2D eigenvalue weighted by molar-refractivity contribution is 5.90. The van der Waals surface area contributed by atoms with Gasteiger partial charge in [-0.3, -0.25) is 0 Å². The second kappa shape index (κ2) is 12.2. The van der Waals surface area contributed by atoms with Crippen LogP contribution in [-0.2, 0) is 6.42 Å². The first-order valence-electron chi connectivity index (χ1n) is 12.0. The summed E-state index contributed by atoms with van der Waals surface area (Å²) in [5.74, 6) is -0.479. The smallest absolute Gasteiger partial charge is 0.335 e. The van der Waals surface area contributed by atoms with Crippen LogP contribution >= 0.6 is 12.4 Å². The number of aliphatic hydroxyl groups is 1. The molecule has 0 bridgehead atoms. The van der Waals surface area contributed by atoms with Gasteiger partial charge in [0, 0.05) is 6.04 Å². The third-order valence-corrected chi connectivity index (χ3v) is 6.86. The Balaban J connectivity index is 0.00000324. The molecule has 3 aromatic rings. The average Bonchev–Trinajstić information content (AvgIpc) is 3.39. The number of nitrogens with one attached hydrogen (secondary N) is 1. The monoisotopic (exact) mass is 479 g/mol. The Morgan fingerprint density at radius 3 is 2.26 bits per heavy atom. The van der Waals surface area contributed by atoms with E-state index in [4.69, 9.17) is 0 Å². The van der Waals surface area contributed by atoms with Gasteiger partial charge in [-0.25, -0.2) is 4.79 Å². The van der Waals surface area contributed by atoms with E-state index < -0.39 is 12.1 Å². The maximum atomic E-state index is 11.7. The third-order valence-electron chi connectivity index (χ3n) is 6.86. The molecular weight excluding hydrogens is 446 g/mol. The van der Waals surface area contributed by atoms with Crippen molar-refractivity contribution in [3.8, 4) is 11.1 Å². The fourth-order valence-electron chi connectivity index (χ4n) is 4.87. The molecule has 2 atom stereocenters. The Bertz CT molecular complexity index is 1060. The molecule has 3 N–H and O–H groups in total. The number of carbonyl (C=O) groups is 1. The van der Waals surface area contributed by atoms with Crippen LogP contribution in [0.2, 0.25) is 0 Å². The van der Waals surface area contributed by atoms with Gasteiger partial charge in [-0.05, 0) is 72.5 Å². The molecule has 0 aromatic heterocycles. The lowest BCUT2D eigenvalue weighted by atomic mass is 9.89. The number of rotatable bonds is 9. The zero-order valence-corrected chi connectivity index (χ0v) is 20.4. The second-order valence-electron chi connectivity index (χ2n) is 9.13. The highest BCUT2D eigenvalue weighted by Crippen LogP contribution is 2.37. The molecule has 0 radical (unpaired) electrons. The largest absolute Gasteiger partial charge is 0.478 e. The summed E-state index contributed by atoms with van der Waals surface area (Å²) in [5, 5.41) is 23.6. The molecule has 4 nitrogen and oxygen atoms in total. The van der Waals surface area contributed by atoms with Crippen molar-refractivity contribution >= 4 is 18.4 Å². The van der Waals surface area contributed by atoms with Crippen LogP contribution in [0.3, 0.4) is 0 Å². The van der Waals surface area contributed by atoms with Crippen molar-refractivity contribution in [3.05, 3.63) is 95.1 Å². The van der Waals surface area contributed by atoms with Crippen molar-refractivity contribution in [2.75, 3.05) is 6.54 Å². The first-order chi connectivity index (χ1) is 16.0. The molecule has 0 aliphatic heterocycles. The van der Waals surface area contributed by atoms with E-state index in [2.05, 4.69) is 35.6 Å². The number of carboxylic acid groups (broad SMARTS) is 1. The maximum absolute atomic E-state index is 11.7. The molecule has 1 aliphatic carbocycles. The number of hydrogen-bond acceptors (Lipinski definition) is 3. The molecule has 1 saturated carbocycles. The van der Waals surface area contributed by atoms with Gasteiger partial charge in [0.1, 0.15) is 0 Å². The number of aromatic carboxylic acids is 1. The van der Waals surface area contributed by atoms with Crippen molar-refractivity contribution in [1.82, 2.24) is 5.32 Å². The van der Waals surface area contributed by atoms with E-state index in [1.54, 1.807) is 6.07 Å². The van der Waals surface area contributed by atoms with Gasteiger partial charge >= 0.3 is 5.97 Å². The van der Waals surface area contributed by atoms with Crippen molar-refractivity contribution in [3.63, 3.8) is 0 Å². The summed E-state index contributed by atoms with van der Waals surface area (Å²) in [6.45, 7) is 2.78. The number of aliphatic hydroxyl groups excluding tert-OH is 1. The number of carboxylic acids is 1. The maximum Gasteiger partial charge on any atom is 0.335 e. The van der Waals surface area contributed by atoms with Crippen molar-refractivity contribution < 1.29 is 15.0 Å². The standard InChI is InChI=1S/C29H33NO3.ClH/c1-20(28(31)24-9-3-2-4-10-24)30-18-17-21-11-13-22(14-12-21)25-15-16-26(29(32)33)27(19-25)23-7-5-6-8-23;/h2-4,9-16,19-20,23,28,30-31H,5-8,17-18H2,1H3,(H,32,33);1H/t20-,28-;/m0./s1. The van der Waals surface area contributed by atoms with Gasteiger partial charge in [0.25, 0.3) is 0 Å². The second-order valence-corrected chi connectivity index (χ2v) is 9.13. The predicted molar refractivity (Wildman–Crippen MR) is 140 cm³/mol. The number of benzene rings is 3. The van der Waals surface area contributed by atoms with Gasteiger partial charge < -0.3 is 15.5 Å². The van der Waals surface area contributed by atoms with Gasteiger partial charge in [-0.15, -0.1) is 12.4 Å². The zero-order valence-electron chi connectivity index (χ0n) is 19.6. The van der Waals surface area contributed by atoms with E-state index in [1.165, 1.54) is 18.4 Å². The molecule has 1 aliphatic rings. The number of hydrogen-bond donors (Lipinski definition) is 3. The third kappa shape index (κ3) is 6.26. The van der Waals surface area contributed by atoms with Crippen molar-refractivity contribution in [2.24, 2.45) is 0 Å². The molecule has 0 saturated heterocycles. The molecule has 0 unspecified atom stereocenters. The van der Waals surface area contributed by atoms with Crippen molar-refractivity contribution in [1.29, 1.82) is 0 Å². The van der Waals surface area contributed by atoms with E-state index in [9.17, 15) is 15.0 Å². The molecule has 0 amide bonds. The Labute approximate surface area is 208 Å². The van der Waals surface area contributed by atoms with Crippen LogP contribution in [-0.4, -0.2) is 28.8 Å². The van der Waals surface area contributed by atoms with E-state index >= 15 is 0 Å². The molecule has 0 heterocycles. The molecule has 1 fully saturated rings. The fourth-order valence-corrected chi connectivity index (χ4v) is 4.87. The first-order valence-corrected chi connectivity index (χ1v) is 12.0.